The number of allylic oxidation sites excluding steroid dienone is 2. The van der Waals surface area contributed by atoms with Crippen molar-refractivity contribution < 1.29 is 9.90 Å². The summed E-state index contributed by atoms with van der Waals surface area (Å²) in [4.78, 5) is 18.6. The Morgan fingerprint density at radius 1 is 1.32 bits per heavy atom. The third-order valence-corrected chi connectivity index (χ3v) is 4.13. The maximum Gasteiger partial charge on any atom is 0.356 e. The summed E-state index contributed by atoms with van der Waals surface area (Å²) in [5.74, 6) is 1.69. The molecule has 1 aromatic rings. The molecule has 1 fully saturated rings. The van der Waals surface area contributed by atoms with E-state index in [1.54, 1.807) is 0 Å². The van der Waals surface area contributed by atoms with Crippen LogP contribution in [0.15, 0.2) is 24.5 Å². The summed E-state index contributed by atoms with van der Waals surface area (Å²) < 4.78 is 0. The summed E-state index contributed by atoms with van der Waals surface area (Å²) in [6.07, 6.45) is 11.3. The van der Waals surface area contributed by atoms with E-state index >= 15 is 0 Å². The number of anilines is 1. The first-order chi connectivity index (χ1) is 9.22. The molecular weight excluding hydrogens is 242 g/mol. The van der Waals surface area contributed by atoms with Crippen molar-refractivity contribution in [1.29, 1.82) is 0 Å². The van der Waals surface area contributed by atoms with Crippen molar-refractivity contribution in [2.75, 3.05) is 11.9 Å². The van der Waals surface area contributed by atoms with Crippen LogP contribution in [-0.4, -0.2) is 27.6 Å². The van der Waals surface area contributed by atoms with Gasteiger partial charge >= 0.3 is 5.97 Å². The molecule has 4 rings (SSSR count). The second-order valence-electron chi connectivity index (χ2n) is 5.35. The van der Waals surface area contributed by atoms with Gasteiger partial charge in [-0.1, -0.05) is 12.2 Å². The molecule has 3 atom stereocenters. The van der Waals surface area contributed by atoms with Crippen molar-refractivity contribution in [1.82, 2.24) is 9.97 Å². The number of nitrogens with zero attached hydrogens (tertiary/aromatic N) is 2. The number of aromatic nitrogens is 2. The van der Waals surface area contributed by atoms with Crippen LogP contribution in [0.5, 0.6) is 0 Å². The zero-order valence-corrected chi connectivity index (χ0v) is 10.6. The van der Waals surface area contributed by atoms with Gasteiger partial charge in [0.25, 0.3) is 0 Å². The highest BCUT2D eigenvalue weighted by molar-refractivity contribution is 5.84. The van der Waals surface area contributed by atoms with E-state index in [9.17, 15) is 4.79 Å². The largest absolute Gasteiger partial charge is 0.476 e. The Bertz CT molecular complexity index is 498. The number of carbonyl (C=O) groups is 1. The van der Waals surface area contributed by atoms with Crippen molar-refractivity contribution in [2.45, 2.75) is 19.3 Å². The van der Waals surface area contributed by atoms with Gasteiger partial charge < -0.3 is 10.4 Å². The molecule has 2 bridgehead atoms. The molecule has 5 heteroatoms. The Morgan fingerprint density at radius 2 is 2.21 bits per heavy atom. The van der Waals surface area contributed by atoms with E-state index in [-0.39, 0.29) is 5.69 Å². The summed E-state index contributed by atoms with van der Waals surface area (Å²) in [5, 5.41) is 12.0. The quantitative estimate of drug-likeness (QED) is 0.811. The molecule has 0 spiro atoms. The molecule has 3 aliphatic carbocycles. The Morgan fingerprint density at radius 3 is 2.74 bits per heavy atom. The highest BCUT2D eigenvalue weighted by Gasteiger charge is 2.31. The molecule has 2 N–H and O–H groups in total. The van der Waals surface area contributed by atoms with Gasteiger partial charge in [-0.15, -0.1) is 0 Å². The number of nitrogens with one attached hydrogen (secondary N) is 1. The topological polar surface area (TPSA) is 75.1 Å². The monoisotopic (exact) mass is 259 g/mol. The summed E-state index contributed by atoms with van der Waals surface area (Å²) in [5.41, 5.74) is -0.0230. The number of hydrogen-bond acceptors (Lipinski definition) is 4. The molecule has 19 heavy (non-hydrogen) atoms. The summed E-state index contributed by atoms with van der Waals surface area (Å²) in [7, 11) is 0. The fourth-order valence-corrected chi connectivity index (χ4v) is 3.05. The molecule has 100 valence electrons. The molecular formula is C14H17N3O2. The van der Waals surface area contributed by atoms with Gasteiger partial charge in [-0.2, -0.15) is 0 Å². The number of aromatic carboxylic acids is 1. The molecule has 0 radical (unpaired) electrons. The van der Waals surface area contributed by atoms with E-state index in [2.05, 4.69) is 27.4 Å². The zero-order chi connectivity index (χ0) is 13.2. The predicted octanol–water partition coefficient (Wildman–Crippen LogP) is 2.19. The standard InChI is InChI=1S/C14H17N3O2/c18-14(19)12-7-17-13(8-15-12)16-6-11-5-9-1-3-10(11)4-2-9/h1,3,7-11H,2,4-6H2,(H,16,17)(H,18,19). The predicted molar refractivity (Wildman–Crippen MR) is 70.9 cm³/mol. The van der Waals surface area contributed by atoms with Crippen molar-refractivity contribution >= 4 is 11.8 Å². The Kier molecular flexibility index (Phi) is 3.19. The van der Waals surface area contributed by atoms with Gasteiger partial charge in [0.05, 0.1) is 12.4 Å². The lowest BCUT2D eigenvalue weighted by Gasteiger charge is -2.38. The maximum atomic E-state index is 10.7. The van der Waals surface area contributed by atoms with E-state index in [4.69, 9.17) is 5.11 Å². The lowest BCUT2D eigenvalue weighted by Crippen LogP contribution is -2.32. The van der Waals surface area contributed by atoms with Gasteiger partial charge in [-0.3, -0.25) is 0 Å². The van der Waals surface area contributed by atoms with Crippen LogP contribution >= 0.6 is 0 Å². The zero-order valence-electron chi connectivity index (χ0n) is 10.6. The average molecular weight is 259 g/mol. The average Bonchev–Trinajstić information content (AvgIpc) is 2.47. The van der Waals surface area contributed by atoms with E-state index in [0.717, 1.165) is 12.5 Å². The maximum absolute atomic E-state index is 10.7. The Labute approximate surface area is 111 Å². The normalized spacial score (nSPS) is 28.3. The van der Waals surface area contributed by atoms with E-state index in [0.29, 0.717) is 17.7 Å². The molecule has 0 aliphatic heterocycles. The second-order valence-corrected chi connectivity index (χ2v) is 5.35. The minimum absolute atomic E-state index is 0.0230. The van der Waals surface area contributed by atoms with Crippen LogP contribution in [0.25, 0.3) is 0 Å². The van der Waals surface area contributed by atoms with E-state index < -0.39 is 5.97 Å². The van der Waals surface area contributed by atoms with Crippen molar-refractivity contribution in [3.63, 3.8) is 0 Å². The van der Waals surface area contributed by atoms with Gasteiger partial charge in [0.2, 0.25) is 0 Å². The number of hydrogen-bond donors (Lipinski definition) is 2. The minimum atomic E-state index is -1.05. The smallest absolute Gasteiger partial charge is 0.356 e. The number of carboxylic acid groups (broad SMARTS) is 1. The van der Waals surface area contributed by atoms with Gasteiger partial charge in [0.15, 0.2) is 5.69 Å². The fourth-order valence-electron chi connectivity index (χ4n) is 3.05. The fraction of sp³-hybridized carbons (Fsp3) is 0.500. The number of carboxylic acids is 1. The van der Waals surface area contributed by atoms with Crippen LogP contribution in [0.3, 0.4) is 0 Å². The highest BCUT2D eigenvalue weighted by Crippen LogP contribution is 2.40. The van der Waals surface area contributed by atoms with Gasteiger partial charge in [0, 0.05) is 6.54 Å². The van der Waals surface area contributed by atoms with E-state index in [1.165, 1.54) is 31.7 Å². The van der Waals surface area contributed by atoms with Crippen molar-refractivity contribution in [3.05, 3.63) is 30.2 Å². The molecule has 0 saturated heterocycles. The van der Waals surface area contributed by atoms with Gasteiger partial charge in [0.1, 0.15) is 5.82 Å². The number of rotatable bonds is 4. The van der Waals surface area contributed by atoms with E-state index in [1.807, 2.05) is 0 Å². The SMILES string of the molecule is O=C(O)c1cnc(NCC2CC3C=CC2CC3)cn1. The molecule has 3 aliphatic rings. The van der Waals surface area contributed by atoms with Gasteiger partial charge in [-0.25, -0.2) is 14.8 Å². The summed E-state index contributed by atoms with van der Waals surface area (Å²) >= 11 is 0. The van der Waals surface area contributed by atoms with Crippen molar-refractivity contribution in [2.24, 2.45) is 17.8 Å². The number of fused-ring (bicyclic) bond motifs is 2. The Hall–Kier alpha value is -1.91. The van der Waals surface area contributed by atoms with Crippen LogP contribution in [0.4, 0.5) is 5.82 Å². The molecule has 0 amide bonds. The van der Waals surface area contributed by atoms with Crippen molar-refractivity contribution in [3.8, 4) is 0 Å². The molecule has 5 nitrogen and oxygen atoms in total. The third-order valence-electron chi connectivity index (χ3n) is 4.13. The summed E-state index contributed by atoms with van der Waals surface area (Å²) in [6.45, 7) is 0.882. The minimum Gasteiger partial charge on any atom is -0.476 e. The van der Waals surface area contributed by atoms with Crippen LogP contribution in [-0.2, 0) is 0 Å². The first kappa shape index (κ1) is 12.1. The summed E-state index contributed by atoms with van der Waals surface area (Å²) in [6, 6.07) is 0. The lowest BCUT2D eigenvalue weighted by molar-refractivity contribution is 0.0690. The van der Waals surface area contributed by atoms with Crippen LogP contribution in [0.1, 0.15) is 29.8 Å². The highest BCUT2D eigenvalue weighted by atomic mass is 16.4. The molecule has 3 unspecified atom stereocenters. The van der Waals surface area contributed by atoms with Gasteiger partial charge in [-0.05, 0) is 37.0 Å². The second kappa shape index (κ2) is 4.99. The molecule has 1 heterocycles. The van der Waals surface area contributed by atoms with Crippen LogP contribution in [0, 0.1) is 17.8 Å². The first-order valence-electron chi connectivity index (χ1n) is 6.70. The van der Waals surface area contributed by atoms with Crippen LogP contribution in [0.2, 0.25) is 0 Å². The lowest BCUT2D eigenvalue weighted by atomic mass is 9.69. The first-order valence-corrected chi connectivity index (χ1v) is 6.70. The van der Waals surface area contributed by atoms with Crippen LogP contribution < -0.4 is 5.32 Å². The molecule has 1 saturated carbocycles. The third kappa shape index (κ3) is 2.59. The molecule has 0 aromatic carbocycles. The Balaban J connectivity index is 1.58. The molecule has 1 aromatic heterocycles.